The van der Waals surface area contributed by atoms with Crippen molar-refractivity contribution in [2.75, 3.05) is 13.2 Å². The number of Topliss-reactive ketones (excluding diaryl/α,β-unsaturated/α-hetero) is 1. The van der Waals surface area contributed by atoms with Crippen molar-refractivity contribution in [3.8, 4) is 5.75 Å². The SMILES string of the molecule is Cc1ccc2c(Cl)cc(Cl)c(OCC(=O)OCC(=O)c3c[nH]c4ccccc34)c2n1. The summed E-state index contributed by atoms with van der Waals surface area (Å²) in [6.45, 7) is 1.01. The fourth-order valence-electron chi connectivity index (χ4n) is 3.13. The number of pyridine rings is 1. The summed E-state index contributed by atoms with van der Waals surface area (Å²) in [4.78, 5) is 32.0. The van der Waals surface area contributed by atoms with Crippen LogP contribution in [-0.4, -0.2) is 34.9 Å². The molecule has 0 atom stereocenters. The van der Waals surface area contributed by atoms with Gasteiger partial charge in [-0.2, -0.15) is 0 Å². The van der Waals surface area contributed by atoms with Gasteiger partial charge in [-0.1, -0.05) is 41.4 Å². The number of halogens is 2. The minimum atomic E-state index is -0.699. The molecule has 0 aliphatic heterocycles. The zero-order valence-corrected chi connectivity index (χ0v) is 17.4. The van der Waals surface area contributed by atoms with Crippen LogP contribution in [0, 0.1) is 6.92 Å². The van der Waals surface area contributed by atoms with Gasteiger partial charge in [0.25, 0.3) is 0 Å². The maximum Gasteiger partial charge on any atom is 0.344 e. The lowest BCUT2D eigenvalue weighted by Crippen LogP contribution is -2.19. The Balaban J connectivity index is 1.43. The highest BCUT2D eigenvalue weighted by atomic mass is 35.5. The van der Waals surface area contributed by atoms with Crippen LogP contribution in [0.3, 0.4) is 0 Å². The minimum Gasteiger partial charge on any atom is -0.478 e. The number of benzene rings is 2. The zero-order valence-electron chi connectivity index (χ0n) is 15.9. The first kappa shape index (κ1) is 20.2. The number of para-hydroxylation sites is 1. The van der Waals surface area contributed by atoms with Crippen molar-refractivity contribution in [2.45, 2.75) is 6.92 Å². The molecule has 4 rings (SSSR count). The number of aromatic amines is 1. The molecule has 0 saturated carbocycles. The number of rotatable bonds is 6. The molecule has 0 aliphatic rings. The number of carbonyl (C=O) groups excluding carboxylic acids is 2. The highest BCUT2D eigenvalue weighted by Crippen LogP contribution is 2.37. The van der Waals surface area contributed by atoms with Gasteiger partial charge in [-0.3, -0.25) is 4.79 Å². The predicted octanol–water partition coefficient (Wildman–Crippen LogP) is 5.14. The van der Waals surface area contributed by atoms with Crippen molar-refractivity contribution in [2.24, 2.45) is 0 Å². The maximum absolute atomic E-state index is 12.4. The quantitative estimate of drug-likeness (QED) is 0.330. The minimum absolute atomic E-state index is 0.230. The molecule has 30 heavy (non-hydrogen) atoms. The Kier molecular flexibility index (Phi) is 5.61. The molecule has 2 aromatic carbocycles. The highest BCUT2D eigenvalue weighted by molar-refractivity contribution is 6.39. The van der Waals surface area contributed by atoms with Crippen LogP contribution in [0.5, 0.6) is 5.75 Å². The summed E-state index contributed by atoms with van der Waals surface area (Å²) in [5, 5.41) is 2.09. The molecule has 0 bridgehead atoms. The molecule has 6 nitrogen and oxygen atoms in total. The molecule has 0 saturated heterocycles. The number of aryl methyl sites for hydroxylation is 1. The van der Waals surface area contributed by atoms with Crippen molar-refractivity contribution >= 4 is 56.8 Å². The number of fused-ring (bicyclic) bond motifs is 2. The van der Waals surface area contributed by atoms with Crippen molar-refractivity contribution in [1.29, 1.82) is 0 Å². The Morgan fingerprint density at radius 3 is 2.67 bits per heavy atom. The van der Waals surface area contributed by atoms with Crippen molar-refractivity contribution in [3.05, 3.63) is 70.0 Å². The van der Waals surface area contributed by atoms with E-state index in [4.69, 9.17) is 32.7 Å². The van der Waals surface area contributed by atoms with Gasteiger partial charge in [0.05, 0.1) is 10.0 Å². The van der Waals surface area contributed by atoms with Gasteiger partial charge in [-0.15, -0.1) is 0 Å². The Bertz CT molecular complexity index is 1280. The summed E-state index contributed by atoms with van der Waals surface area (Å²) in [7, 11) is 0. The van der Waals surface area contributed by atoms with E-state index in [1.54, 1.807) is 12.3 Å². The Morgan fingerprint density at radius 1 is 1.03 bits per heavy atom. The molecule has 0 fully saturated rings. The van der Waals surface area contributed by atoms with Gasteiger partial charge in [-0.25, -0.2) is 9.78 Å². The van der Waals surface area contributed by atoms with Gasteiger partial charge in [0.15, 0.2) is 19.0 Å². The van der Waals surface area contributed by atoms with Crippen molar-refractivity contribution in [1.82, 2.24) is 9.97 Å². The zero-order chi connectivity index (χ0) is 21.3. The number of ether oxygens (including phenoxy) is 2. The number of hydrogen-bond donors (Lipinski definition) is 1. The van der Waals surface area contributed by atoms with Gasteiger partial charge in [-0.05, 0) is 31.2 Å². The summed E-state index contributed by atoms with van der Waals surface area (Å²) in [6.07, 6.45) is 1.60. The number of aromatic nitrogens is 2. The molecular formula is C22H16Cl2N2O4. The third-order valence-corrected chi connectivity index (χ3v) is 5.16. The Morgan fingerprint density at radius 2 is 1.83 bits per heavy atom. The van der Waals surface area contributed by atoms with Crippen LogP contribution in [0.25, 0.3) is 21.8 Å². The first-order valence-corrected chi connectivity index (χ1v) is 9.82. The van der Waals surface area contributed by atoms with E-state index >= 15 is 0 Å². The molecule has 2 heterocycles. The summed E-state index contributed by atoms with van der Waals surface area (Å²) >= 11 is 12.4. The summed E-state index contributed by atoms with van der Waals surface area (Å²) in [5.41, 5.74) is 2.50. The van der Waals surface area contributed by atoms with E-state index in [-0.39, 0.29) is 16.6 Å². The van der Waals surface area contributed by atoms with E-state index in [1.165, 1.54) is 6.07 Å². The fourth-order valence-corrected chi connectivity index (χ4v) is 3.70. The number of esters is 1. The lowest BCUT2D eigenvalue weighted by molar-refractivity contribution is -0.144. The van der Waals surface area contributed by atoms with Gasteiger partial charge in [0.2, 0.25) is 5.78 Å². The molecule has 0 unspecified atom stereocenters. The van der Waals surface area contributed by atoms with Gasteiger partial charge in [0.1, 0.15) is 5.52 Å². The van der Waals surface area contributed by atoms with Crippen LogP contribution in [0.15, 0.2) is 48.7 Å². The number of hydrogen-bond acceptors (Lipinski definition) is 5. The van der Waals surface area contributed by atoms with E-state index in [9.17, 15) is 9.59 Å². The number of nitrogens with zero attached hydrogens (tertiary/aromatic N) is 1. The summed E-state index contributed by atoms with van der Waals surface area (Å²) in [6, 6.07) is 12.5. The maximum atomic E-state index is 12.4. The lowest BCUT2D eigenvalue weighted by atomic mass is 10.1. The Labute approximate surface area is 181 Å². The third kappa shape index (κ3) is 3.97. The molecule has 0 radical (unpaired) electrons. The van der Waals surface area contributed by atoms with Crippen LogP contribution in [0.4, 0.5) is 0 Å². The van der Waals surface area contributed by atoms with Crippen LogP contribution in [0.1, 0.15) is 16.1 Å². The standard InChI is InChI=1S/C22H16Cl2N2O4/c1-12-6-7-14-16(23)8-17(24)22(21(14)26-12)30-11-20(28)29-10-19(27)15-9-25-18-5-3-2-4-13(15)18/h2-9,25H,10-11H2,1H3. The second-order valence-corrected chi connectivity index (χ2v) is 7.45. The van der Waals surface area contributed by atoms with Crippen LogP contribution >= 0.6 is 23.2 Å². The average Bonchev–Trinajstić information content (AvgIpc) is 3.16. The van der Waals surface area contributed by atoms with E-state index < -0.39 is 19.2 Å². The largest absolute Gasteiger partial charge is 0.478 e. The molecule has 0 amide bonds. The molecule has 8 heteroatoms. The molecule has 0 spiro atoms. The van der Waals surface area contributed by atoms with E-state index in [0.29, 0.717) is 21.5 Å². The predicted molar refractivity (Wildman–Crippen MR) is 116 cm³/mol. The monoisotopic (exact) mass is 442 g/mol. The molecule has 4 aromatic rings. The third-order valence-electron chi connectivity index (χ3n) is 4.57. The normalized spacial score (nSPS) is 11.0. The molecule has 152 valence electrons. The average molecular weight is 443 g/mol. The molecule has 2 aromatic heterocycles. The molecule has 1 N–H and O–H groups in total. The second-order valence-electron chi connectivity index (χ2n) is 6.64. The first-order chi connectivity index (χ1) is 14.4. The smallest absolute Gasteiger partial charge is 0.344 e. The van der Waals surface area contributed by atoms with Gasteiger partial charge >= 0.3 is 5.97 Å². The first-order valence-electron chi connectivity index (χ1n) is 9.07. The van der Waals surface area contributed by atoms with Crippen LogP contribution < -0.4 is 4.74 Å². The second kappa shape index (κ2) is 8.34. The lowest BCUT2D eigenvalue weighted by Gasteiger charge is -2.12. The van der Waals surface area contributed by atoms with Crippen molar-refractivity contribution < 1.29 is 19.1 Å². The highest BCUT2D eigenvalue weighted by Gasteiger charge is 2.17. The Hall–Kier alpha value is -3.09. The topological polar surface area (TPSA) is 81.3 Å². The fraction of sp³-hybridized carbons (Fsp3) is 0.136. The summed E-state index contributed by atoms with van der Waals surface area (Å²) in [5.74, 6) is -0.775. The number of ketones is 1. The van der Waals surface area contributed by atoms with E-state index in [2.05, 4.69) is 9.97 Å². The van der Waals surface area contributed by atoms with Gasteiger partial charge < -0.3 is 14.5 Å². The van der Waals surface area contributed by atoms with E-state index in [1.807, 2.05) is 37.3 Å². The van der Waals surface area contributed by atoms with Gasteiger partial charge in [0, 0.05) is 33.7 Å². The van der Waals surface area contributed by atoms with E-state index in [0.717, 1.165) is 16.6 Å². The van der Waals surface area contributed by atoms with Crippen molar-refractivity contribution in [3.63, 3.8) is 0 Å². The van der Waals surface area contributed by atoms with Crippen LogP contribution in [0.2, 0.25) is 10.0 Å². The molecule has 0 aliphatic carbocycles. The number of H-pyrrole nitrogens is 1. The number of carbonyl (C=O) groups is 2. The van der Waals surface area contributed by atoms with Crippen LogP contribution in [-0.2, 0) is 9.53 Å². The number of nitrogens with one attached hydrogen (secondary N) is 1. The summed E-state index contributed by atoms with van der Waals surface area (Å²) < 4.78 is 10.7. The molecular weight excluding hydrogens is 427 g/mol.